The maximum Gasteiger partial charge on any atom is 0.270 e. The van der Waals surface area contributed by atoms with E-state index in [0.29, 0.717) is 18.2 Å². The van der Waals surface area contributed by atoms with E-state index in [0.717, 1.165) is 30.2 Å². The van der Waals surface area contributed by atoms with Crippen molar-refractivity contribution in [3.63, 3.8) is 0 Å². The zero-order valence-electron chi connectivity index (χ0n) is 13.4. The molecule has 3 aromatic rings. The molecule has 0 radical (unpaired) electrons. The fraction of sp³-hybridized carbons (Fsp3) is 0.235. The highest BCUT2D eigenvalue weighted by atomic mass is 32.1. The fourth-order valence-electron chi connectivity index (χ4n) is 2.71. The first-order valence-corrected chi connectivity index (χ1v) is 8.89. The van der Waals surface area contributed by atoms with Gasteiger partial charge in [-0.05, 0) is 24.3 Å². The van der Waals surface area contributed by atoms with E-state index in [4.69, 9.17) is 0 Å². The van der Waals surface area contributed by atoms with Gasteiger partial charge in [-0.1, -0.05) is 0 Å². The lowest BCUT2D eigenvalue weighted by atomic mass is 10.00. The summed E-state index contributed by atoms with van der Waals surface area (Å²) in [4.78, 5) is 22.0. The molecular weight excluding hydrogens is 336 g/mol. The molecule has 0 spiro atoms. The molecule has 126 valence electrons. The van der Waals surface area contributed by atoms with Crippen LogP contribution in [0.2, 0.25) is 0 Å². The first-order valence-electron chi connectivity index (χ1n) is 7.95. The fourth-order valence-corrected chi connectivity index (χ4v) is 3.24. The summed E-state index contributed by atoms with van der Waals surface area (Å²) in [6.07, 6.45) is 3.48. The van der Waals surface area contributed by atoms with Crippen molar-refractivity contribution in [1.82, 2.24) is 25.5 Å². The van der Waals surface area contributed by atoms with Crippen LogP contribution < -0.4 is 10.2 Å². The molecule has 25 heavy (non-hydrogen) atoms. The quantitative estimate of drug-likeness (QED) is 0.755. The van der Waals surface area contributed by atoms with E-state index in [1.54, 1.807) is 23.3 Å². The molecule has 4 heterocycles. The minimum absolute atomic E-state index is 0.110. The van der Waals surface area contributed by atoms with Crippen LogP contribution in [0.1, 0.15) is 10.5 Å². The Balaban J connectivity index is 1.28. The highest BCUT2D eigenvalue weighted by Gasteiger charge is 2.28. The summed E-state index contributed by atoms with van der Waals surface area (Å²) in [5.74, 6) is 1.17. The van der Waals surface area contributed by atoms with Gasteiger partial charge in [-0.2, -0.15) is 0 Å². The average molecular weight is 352 g/mol. The summed E-state index contributed by atoms with van der Waals surface area (Å²) in [7, 11) is 0. The number of nitrogens with zero attached hydrogens (tertiary/aromatic N) is 5. The van der Waals surface area contributed by atoms with Crippen molar-refractivity contribution in [2.75, 3.05) is 24.5 Å². The topological polar surface area (TPSA) is 83.9 Å². The number of hydrogen-bond acceptors (Lipinski definition) is 7. The second-order valence-corrected chi connectivity index (χ2v) is 6.59. The Morgan fingerprint density at radius 1 is 1.20 bits per heavy atom. The van der Waals surface area contributed by atoms with E-state index in [-0.39, 0.29) is 5.91 Å². The van der Waals surface area contributed by atoms with Crippen molar-refractivity contribution in [3.8, 4) is 11.3 Å². The Bertz CT molecular complexity index is 831. The third-order valence-corrected chi connectivity index (χ3v) is 4.71. The molecule has 3 aromatic heterocycles. The number of hydrogen-bond donors (Lipinski definition) is 1. The van der Waals surface area contributed by atoms with Crippen LogP contribution in [0.15, 0.2) is 47.5 Å². The molecule has 0 aliphatic carbocycles. The predicted molar refractivity (Wildman–Crippen MR) is 95.4 cm³/mol. The lowest BCUT2D eigenvalue weighted by Gasteiger charge is -2.39. The minimum atomic E-state index is -0.110. The van der Waals surface area contributed by atoms with E-state index in [2.05, 4.69) is 30.4 Å². The van der Waals surface area contributed by atoms with Crippen LogP contribution in [-0.4, -0.2) is 45.7 Å². The summed E-state index contributed by atoms with van der Waals surface area (Å²) in [6.45, 7) is 2.37. The zero-order valence-corrected chi connectivity index (χ0v) is 14.2. The minimum Gasteiger partial charge on any atom is -0.354 e. The van der Waals surface area contributed by atoms with Crippen LogP contribution in [0.5, 0.6) is 0 Å². The third kappa shape index (κ3) is 3.48. The lowest BCUT2D eigenvalue weighted by molar-refractivity contribution is 0.0940. The molecule has 8 heteroatoms. The Morgan fingerprint density at radius 2 is 2.04 bits per heavy atom. The second-order valence-electron chi connectivity index (χ2n) is 5.87. The Kier molecular flexibility index (Phi) is 4.34. The van der Waals surface area contributed by atoms with Crippen molar-refractivity contribution < 1.29 is 4.79 Å². The van der Waals surface area contributed by atoms with Gasteiger partial charge in [0.2, 0.25) is 0 Å². The van der Waals surface area contributed by atoms with Crippen LogP contribution in [0.4, 0.5) is 5.82 Å². The molecule has 1 aliphatic heterocycles. The van der Waals surface area contributed by atoms with Gasteiger partial charge in [-0.15, -0.1) is 21.5 Å². The second kappa shape index (κ2) is 6.94. The van der Waals surface area contributed by atoms with Gasteiger partial charge in [0.25, 0.3) is 5.91 Å². The average Bonchev–Trinajstić information content (AvgIpc) is 3.16. The molecule has 1 saturated heterocycles. The maximum atomic E-state index is 11.9. The Morgan fingerprint density at radius 3 is 2.72 bits per heavy atom. The molecule has 1 N–H and O–H groups in total. The van der Waals surface area contributed by atoms with E-state index in [9.17, 15) is 4.79 Å². The molecule has 1 fully saturated rings. The van der Waals surface area contributed by atoms with Gasteiger partial charge in [-0.25, -0.2) is 4.98 Å². The number of rotatable bonds is 5. The van der Waals surface area contributed by atoms with Gasteiger partial charge in [0.05, 0.1) is 11.2 Å². The summed E-state index contributed by atoms with van der Waals surface area (Å²) in [5, 5.41) is 13.3. The molecule has 4 rings (SSSR count). The molecule has 0 bridgehead atoms. The number of amides is 1. The molecule has 0 saturated carbocycles. The molecular formula is C17H16N6OS. The largest absolute Gasteiger partial charge is 0.354 e. The van der Waals surface area contributed by atoms with E-state index in [1.807, 2.05) is 24.3 Å². The van der Waals surface area contributed by atoms with E-state index in [1.165, 1.54) is 11.3 Å². The number of nitrogens with one attached hydrogen (secondary N) is 1. The standard InChI is InChI=1S/C17H16N6OS/c24-17(15-10-25-11-20-15)19-7-12-8-23(9-12)16-2-1-14(21-22-16)13-3-5-18-6-4-13/h1-6,10-12H,7-9H2,(H,19,24). The molecule has 0 aromatic carbocycles. The van der Waals surface area contributed by atoms with Crippen molar-refractivity contribution in [2.45, 2.75) is 0 Å². The molecule has 0 atom stereocenters. The summed E-state index contributed by atoms with van der Waals surface area (Å²) >= 11 is 1.42. The number of pyridine rings is 1. The van der Waals surface area contributed by atoms with E-state index >= 15 is 0 Å². The number of anilines is 1. The van der Waals surface area contributed by atoms with Gasteiger partial charge < -0.3 is 10.2 Å². The van der Waals surface area contributed by atoms with Crippen LogP contribution in [0, 0.1) is 5.92 Å². The number of carbonyl (C=O) groups excluding carboxylic acids is 1. The smallest absolute Gasteiger partial charge is 0.270 e. The monoisotopic (exact) mass is 352 g/mol. The first kappa shape index (κ1) is 15.6. The Hall–Kier alpha value is -2.87. The molecule has 0 unspecified atom stereocenters. The normalized spacial score (nSPS) is 14.2. The SMILES string of the molecule is O=C(NCC1CN(c2ccc(-c3ccncc3)nn2)C1)c1cscn1. The third-order valence-electron chi connectivity index (χ3n) is 4.12. The molecule has 1 amide bonds. The van der Waals surface area contributed by atoms with Crippen LogP contribution >= 0.6 is 11.3 Å². The van der Waals surface area contributed by atoms with Crippen molar-refractivity contribution in [2.24, 2.45) is 5.92 Å². The number of thiazole rings is 1. The maximum absolute atomic E-state index is 11.9. The van der Waals surface area contributed by atoms with Crippen LogP contribution in [0.25, 0.3) is 11.3 Å². The van der Waals surface area contributed by atoms with Crippen molar-refractivity contribution in [3.05, 3.63) is 53.2 Å². The number of aromatic nitrogens is 4. The van der Waals surface area contributed by atoms with Crippen LogP contribution in [-0.2, 0) is 0 Å². The van der Waals surface area contributed by atoms with Gasteiger partial charge in [0, 0.05) is 48.9 Å². The highest BCUT2D eigenvalue weighted by Crippen LogP contribution is 2.23. The van der Waals surface area contributed by atoms with E-state index < -0.39 is 0 Å². The van der Waals surface area contributed by atoms with Gasteiger partial charge in [0.1, 0.15) is 5.69 Å². The van der Waals surface area contributed by atoms with Crippen molar-refractivity contribution >= 4 is 23.1 Å². The predicted octanol–water partition coefficient (Wildman–Crippen LogP) is 1.86. The summed E-state index contributed by atoms with van der Waals surface area (Å²) in [6, 6.07) is 7.77. The highest BCUT2D eigenvalue weighted by molar-refractivity contribution is 7.07. The first-order chi connectivity index (χ1) is 12.3. The van der Waals surface area contributed by atoms with Gasteiger partial charge in [0.15, 0.2) is 5.82 Å². The number of carbonyl (C=O) groups is 1. The van der Waals surface area contributed by atoms with Gasteiger partial charge >= 0.3 is 0 Å². The van der Waals surface area contributed by atoms with Crippen LogP contribution in [0.3, 0.4) is 0 Å². The van der Waals surface area contributed by atoms with Gasteiger partial charge in [-0.3, -0.25) is 9.78 Å². The Labute approximate surface area is 148 Å². The summed E-state index contributed by atoms with van der Waals surface area (Å²) in [5.41, 5.74) is 3.98. The molecule has 1 aliphatic rings. The van der Waals surface area contributed by atoms with Crippen molar-refractivity contribution in [1.29, 1.82) is 0 Å². The zero-order chi connectivity index (χ0) is 17.1. The summed E-state index contributed by atoms with van der Waals surface area (Å²) < 4.78 is 0. The lowest BCUT2D eigenvalue weighted by Crippen LogP contribution is -2.52. The molecule has 7 nitrogen and oxygen atoms in total.